The van der Waals surface area contributed by atoms with Gasteiger partial charge in [0.25, 0.3) is 5.91 Å². The molecule has 0 radical (unpaired) electrons. The summed E-state index contributed by atoms with van der Waals surface area (Å²) < 4.78 is 0. The number of aromatic nitrogens is 1. The molecule has 0 atom stereocenters. The normalized spacial score (nSPS) is 8.88. The van der Waals surface area contributed by atoms with Gasteiger partial charge in [0.05, 0.1) is 0 Å². The number of hydrogen-bond donors (Lipinski definition) is 2. The van der Waals surface area contributed by atoms with Gasteiger partial charge in [-0.05, 0) is 24.3 Å². The first kappa shape index (κ1) is 12.0. The summed E-state index contributed by atoms with van der Waals surface area (Å²) in [6, 6.07) is 12.9. The number of H-pyrrole nitrogens is 1. The van der Waals surface area contributed by atoms with Gasteiger partial charge in [-0.3, -0.25) is 4.79 Å². The second-order valence-electron chi connectivity index (χ2n) is 2.90. The Morgan fingerprint density at radius 3 is 2.31 bits per heavy atom. The van der Waals surface area contributed by atoms with E-state index in [1.54, 1.807) is 18.3 Å². The molecule has 0 bridgehead atoms. The lowest BCUT2D eigenvalue weighted by molar-refractivity contribution is 0.102. The molecule has 0 spiro atoms. The largest absolute Gasteiger partial charge is 0.357 e. The Bertz CT molecular complexity index is 407. The standard InChI is InChI=1S/C11H10N2O.C2H6/c14-11(10-7-4-8-12-10)13-9-5-2-1-3-6-9;1-2/h1-8,12H,(H,13,14);1-2H3. The summed E-state index contributed by atoms with van der Waals surface area (Å²) in [5.74, 6) is -0.124. The lowest BCUT2D eigenvalue weighted by Gasteiger charge is -2.02. The van der Waals surface area contributed by atoms with Crippen molar-refractivity contribution in [3.05, 3.63) is 54.4 Å². The molecule has 1 heterocycles. The third-order valence-electron chi connectivity index (χ3n) is 1.87. The molecule has 0 fully saturated rings. The van der Waals surface area contributed by atoms with Crippen LogP contribution in [0, 0.1) is 0 Å². The van der Waals surface area contributed by atoms with Crippen molar-refractivity contribution in [2.24, 2.45) is 0 Å². The number of hydrogen-bond acceptors (Lipinski definition) is 1. The van der Waals surface area contributed by atoms with Crippen LogP contribution in [0.25, 0.3) is 0 Å². The fourth-order valence-electron chi connectivity index (χ4n) is 1.19. The van der Waals surface area contributed by atoms with E-state index in [1.165, 1.54) is 0 Å². The van der Waals surface area contributed by atoms with Crippen molar-refractivity contribution in [2.45, 2.75) is 13.8 Å². The van der Waals surface area contributed by atoms with E-state index in [9.17, 15) is 4.79 Å². The monoisotopic (exact) mass is 216 g/mol. The molecule has 3 nitrogen and oxygen atoms in total. The van der Waals surface area contributed by atoms with Crippen molar-refractivity contribution in [3.63, 3.8) is 0 Å². The second kappa shape index (κ2) is 6.45. The third-order valence-corrected chi connectivity index (χ3v) is 1.87. The molecule has 0 aliphatic carbocycles. The van der Waals surface area contributed by atoms with Gasteiger partial charge in [0, 0.05) is 11.9 Å². The maximum Gasteiger partial charge on any atom is 0.272 e. The summed E-state index contributed by atoms with van der Waals surface area (Å²) in [6.45, 7) is 4.00. The van der Waals surface area contributed by atoms with Crippen LogP contribution in [0.4, 0.5) is 5.69 Å². The predicted octanol–water partition coefficient (Wildman–Crippen LogP) is 3.29. The molecule has 0 saturated heterocycles. The summed E-state index contributed by atoms with van der Waals surface area (Å²) in [7, 11) is 0. The number of amides is 1. The van der Waals surface area contributed by atoms with Gasteiger partial charge in [-0.2, -0.15) is 0 Å². The molecule has 3 heteroatoms. The highest BCUT2D eigenvalue weighted by Crippen LogP contribution is 2.06. The molecule has 16 heavy (non-hydrogen) atoms. The highest BCUT2D eigenvalue weighted by atomic mass is 16.1. The van der Waals surface area contributed by atoms with E-state index in [4.69, 9.17) is 0 Å². The number of carbonyl (C=O) groups excluding carboxylic acids is 1. The van der Waals surface area contributed by atoms with Gasteiger partial charge in [-0.1, -0.05) is 32.0 Å². The van der Waals surface area contributed by atoms with E-state index >= 15 is 0 Å². The molecular weight excluding hydrogens is 200 g/mol. The van der Waals surface area contributed by atoms with E-state index in [1.807, 2.05) is 44.2 Å². The van der Waals surface area contributed by atoms with Gasteiger partial charge >= 0.3 is 0 Å². The average Bonchev–Trinajstić information content (AvgIpc) is 2.86. The Morgan fingerprint density at radius 2 is 1.75 bits per heavy atom. The lowest BCUT2D eigenvalue weighted by atomic mass is 10.3. The molecule has 1 aromatic heterocycles. The molecule has 84 valence electrons. The van der Waals surface area contributed by atoms with Crippen LogP contribution in [-0.4, -0.2) is 10.9 Å². The first-order valence-corrected chi connectivity index (χ1v) is 5.36. The zero-order valence-corrected chi connectivity index (χ0v) is 9.53. The first-order valence-electron chi connectivity index (χ1n) is 5.36. The van der Waals surface area contributed by atoms with Crippen molar-refractivity contribution in [1.82, 2.24) is 4.98 Å². The maximum atomic E-state index is 11.5. The van der Waals surface area contributed by atoms with Gasteiger partial charge in [-0.25, -0.2) is 0 Å². The number of aromatic amines is 1. The van der Waals surface area contributed by atoms with Crippen LogP contribution in [0.2, 0.25) is 0 Å². The Morgan fingerprint density at radius 1 is 1.06 bits per heavy atom. The van der Waals surface area contributed by atoms with Crippen LogP contribution in [0.5, 0.6) is 0 Å². The lowest BCUT2D eigenvalue weighted by Crippen LogP contribution is -2.11. The van der Waals surface area contributed by atoms with E-state index in [-0.39, 0.29) is 5.91 Å². The molecule has 0 aliphatic heterocycles. The fourth-order valence-corrected chi connectivity index (χ4v) is 1.19. The Balaban J connectivity index is 0.000000606. The summed E-state index contributed by atoms with van der Waals surface area (Å²) in [5, 5.41) is 2.77. The van der Waals surface area contributed by atoms with Crippen LogP contribution in [0.3, 0.4) is 0 Å². The number of benzene rings is 1. The van der Waals surface area contributed by atoms with Crippen molar-refractivity contribution in [1.29, 1.82) is 0 Å². The first-order chi connectivity index (χ1) is 7.86. The minimum absolute atomic E-state index is 0.124. The van der Waals surface area contributed by atoms with E-state index < -0.39 is 0 Å². The maximum absolute atomic E-state index is 11.5. The van der Waals surface area contributed by atoms with Crippen LogP contribution < -0.4 is 5.32 Å². The summed E-state index contributed by atoms with van der Waals surface area (Å²) in [4.78, 5) is 14.4. The van der Waals surface area contributed by atoms with E-state index in [0.29, 0.717) is 5.69 Å². The minimum Gasteiger partial charge on any atom is -0.357 e. The number of anilines is 1. The van der Waals surface area contributed by atoms with Crippen LogP contribution in [0.15, 0.2) is 48.7 Å². The Kier molecular flexibility index (Phi) is 4.86. The molecule has 2 rings (SSSR count). The molecule has 1 aromatic carbocycles. The molecule has 1 amide bonds. The second-order valence-corrected chi connectivity index (χ2v) is 2.90. The van der Waals surface area contributed by atoms with Gasteiger partial charge in [0.15, 0.2) is 0 Å². The van der Waals surface area contributed by atoms with E-state index in [2.05, 4.69) is 10.3 Å². The highest BCUT2D eigenvalue weighted by Gasteiger charge is 2.04. The van der Waals surface area contributed by atoms with Crippen LogP contribution in [0.1, 0.15) is 24.3 Å². The van der Waals surface area contributed by atoms with E-state index in [0.717, 1.165) is 5.69 Å². The number of para-hydroxylation sites is 1. The fraction of sp³-hybridized carbons (Fsp3) is 0.154. The quantitative estimate of drug-likeness (QED) is 0.794. The summed E-state index contributed by atoms with van der Waals surface area (Å²) >= 11 is 0. The Hall–Kier alpha value is -2.03. The third kappa shape index (κ3) is 3.28. The molecule has 2 N–H and O–H groups in total. The van der Waals surface area contributed by atoms with Crippen LogP contribution in [-0.2, 0) is 0 Å². The number of nitrogens with one attached hydrogen (secondary N) is 2. The highest BCUT2D eigenvalue weighted by molar-refractivity contribution is 6.02. The van der Waals surface area contributed by atoms with Gasteiger partial charge in [0.2, 0.25) is 0 Å². The minimum atomic E-state index is -0.124. The summed E-state index contributed by atoms with van der Waals surface area (Å²) in [5.41, 5.74) is 1.36. The average molecular weight is 216 g/mol. The zero-order valence-electron chi connectivity index (χ0n) is 9.53. The van der Waals surface area contributed by atoms with Gasteiger partial charge in [-0.15, -0.1) is 0 Å². The Labute approximate surface area is 95.5 Å². The van der Waals surface area contributed by atoms with Gasteiger partial charge in [0.1, 0.15) is 5.69 Å². The van der Waals surface area contributed by atoms with Crippen molar-refractivity contribution >= 4 is 11.6 Å². The van der Waals surface area contributed by atoms with Crippen molar-refractivity contribution in [3.8, 4) is 0 Å². The van der Waals surface area contributed by atoms with Crippen molar-refractivity contribution in [2.75, 3.05) is 5.32 Å². The van der Waals surface area contributed by atoms with Crippen LogP contribution >= 0.6 is 0 Å². The number of carbonyl (C=O) groups is 1. The SMILES string of the molecule is CC.O=C(Nc1ccccc1)c1ccc[nH]1. The van der Waals surface area contributed by atoms with Crippen molar-refractivity contribution < 1.29 is 4.79 Å². The molecule has 0 aliphatic rings. The summed E-state index contributed by atoms with van der Waals surface area (Å²) in [6.07, 6.45) is 1.72. The predicted molar refractivity (Wildman–Crippen MR) is 66.5 cm³/mol. The van der Waals surface area contributed by atoms with Gasteiger partial charge < -0.3 is 10.3 Å². The smallest absolute Gasteiger partial charge is 0.272 e. The zero-order chi connectivity index (χ0) is 11.8. The molecule has 2 aromatic rings. The topological polar surface area (TPSA) is 44.9 Å². The molecular formula is C13H16N2O. The number of rotatable bonds is 2. The molecule has 0 saturated carbocycles. The molecule has 0 unspecified atom stereocenters.